The van der Waals surface area contributed by atoms with Gasteiger partial charge in [-0.05, 0) is 0 Å². The zero-order valence-electron chi connectivity index (χ0n) is 10.1. The van der Waals surface area contributed by atoms with Crippen molar-refractivity contribution in [2.45, 2.75) is 0 Å². The van der Waals surface area contributed by atoms with Gasteiger partial charge in [0.15, 0.2) is 0 Å². The Kier molecular flexibility index (Phi) is 4.77. The van der Waals surface area contributed by atoms with E-state index in [1.165, 1.54) is 7.22 Å². The molecule has 2 rings (SSSR count). The molecule has 90 valence electrons. The fourth-order valence-corrected chi connectivity index (χ4v) is 3.90. The number of benzene rings is 2. The van der Waals surface area contributed by atoms with Crippen LogP contribution in [0.4, 0.5) is 0 Å². The Bertz CT molecular complexity index is 643. The van der Waals surface area contributed by atoms with E-state index >= 15 is 0 Å². The number of nitrogens with zero attached hydrogens (tertiary/aromatic N) is 2. The van der Waals surface area contributed by atoms with Crippen LogP contribution in [0.1, 0.15) is 5.56 Å². The maximum absolute atomic E-state index is 8.70. The monoisotopic (exact) mass is 360 g/mol. The predicted molar refractivity (Wildman–Crippen MR) is 77.1 cm³/mol. The summed E-state index contributed by atoms with van der Waals surface area (Å²) in [5, 5.41) is 17.4. The molecule has 3 heteroatoms. The second-order valence-electron chi connectivity index (χ2n) is 3.77. The quantitative estimate of drug-likeness (QED) is 0.621. The molecule has 0 aliphatic heterocycles. The Morgan fingerprint density at radius 2 is 1.42 bits per heavy atom. The molecule has 2 aromatic rings. The summed E-state index contributed by atoms with van der Waals surface area (Å²) in [7, 11) is 0. The van der Waals surface area contributed by atoms with E-state index < -0.39 is 0 Å². The molecular formula is C16H10N2Te. The molecule has 0 radical (unpaired) electrons. The number of hydrogen-bond acceptors (Lipinski definition) is 2. The number of allylic oxidation sites excluding steroid dienone is 1. The van der Waals surface area contributed by atoms with E-state index in [4.69, 9.17) is 10.5 Å². The standard InChI is InChI=1S/C16H10N2Te/c17-11-14(12-18)10-13-6-8-16(9-7-13)19-15-4-2-1-3-5-15/h1-10H. The van der Waals surface area contributed by atoms with E-state index in [2.05, 4.69) is 36.4 Å². The molecule has 0 fully saturated rings. The molecule has 2 nitrogen and oxygen atoms in total. The zero-order chi connectivity index (χ0) is 13.5. The van der Waals surface area contributed by atoms with E-state index in [1.807, 2.05) is 30.3 Å². The summed E-state index contributed by atoms with van der Waals surface area (Å²) in [6.45, 7) is 0. The SMILES string of the molecule is N#CC(C#N)=Cc1ccc([Te]c2ccccc2)cc1. The Morgan fingerprint density at radius 3 is 2.00 bits per heavy atom. The molecule has 2 aromatic carbocycles. The van der Waals surface area contributed by atoms with Gasteiger partial charge < -0.3 is 0 Å². The minimum atomic E-state index is -0.354. The first-order chi connectivity index (χ1) is 9.31. The molecule has 0 spiro atoms. The van der Waals surface area contributed by atoms with Gasteiger partial charge >= 0.3 is 123 Å². The van der Waals surface area contributed by atoms with Crippen LogP contribution in [0, 0.1) is 22.7 Å². The zero-order valence-corrected chi connectivity index (χ0v) is 12.4. The fourth-order valence-electron chi connectivity index (χ4n) is 1.51. The van der Waals surface area contributed by atoms with Crippen molar-refractivity contribution in [2.75, 3.05) is 0 Å². The number of nitriles is 2. The van der Waals surface area contributed by atoms with Crippen LogP contribution >= 0.6 is 0 Å². The third-order valence-corrected chi connectivity index (χ3v) is 5.31. The molecule has 0 saturated carbocycles. The summed E-state index contributed by atoms with van der Waals surface area (Å²) in [4.78, 5) is 0. The van der Waals surface area contributed by atoms with Crippen LogP contribution in [-0.2, 0) is 0 Å². The molecule has 0 saturated heterocycles. The van der Waals surface area contributed by atoms with Crippen molar-refractivity contribution in [3.05, 3.63) is 65.7 Å². The molecule has 0 unspecified atom stereocenters. The molecule has 0 heterocycles. The number of hydrogen-bond donors (Lipinski definition) is 0. The maximum atomic E-state index is 8.70. The Labute approximate surface area is 122 Å². The molecule has 0 N–H and O–H groups in total. The van der Waals surface area contributed by atoms with E-state index in [-0.39, 0.29) is 26.5 Å². The van der Waals surface area contributed by atoms with Crippen molar-refractivity contribution in [3.63, 3.8) is 0 Å². The van der Waals surface area contributed by atoms with Crippen molar-refractivity contribution in [2.24, 2.45) is 0 Å². The summed E-state index contributed by atoms with van der Waals surface area (Å²) >= 11 is -0.354. The number of rotatable bonds is 3. The molecule has 19 heavy (non-hydrogen) atoms. The first-order valence-electron chi connectivity index (χ1n) is 5.66. The average molecular weight is 358 g/mol. The van der Waals surface area contributed by atoms with Gasteiger partial charge in [-0.15, -0.1) is 0 Å². The molecule has 0 atom stereocenters. The van der Waals surface area contributed by atoms with Gasteiger partial charge in [-0.1, -0.05) is 0 Å². The van der Waals surface area contributed by atoms with Crippen LogP contribution in [0.3, 0.4) is 0 Å². The van der Waals surface area contributed by atoms with Gasteiger partial charge in [0.05, 0.1) is 0 Å². The summed E-state index contributed by atoms with van der Waals surface area (Å²) in [5.74, 6) is 0. The summed E-state index contributed by atoms with van der Waals surface area (Å²) in [6, 6.07) is 22.2. The van der Waals surface area contributed by atoms with E-state index in [9.17, 15) is 0 Å². The third kappa shape index (κ3) is 3.97. The van der Waals surface area contributed by atoms with Crippen LogP contribution < -0.4 is 7.22 Å². The van der Waals surface area contributed by atoms with Gasteiger partial charge in [-0.25, -0.2) is 0 Å². The Balaban J connectivity index is 2.14. The van der Waals surface area contributed by atoms with Gasteiger partial charge in [0.25, 0.3) is 0 Å². The summed E-state index contributed by atoms with van der Waals surface area (Å²) in [5.41, 5.74) is 1.02. The molecule has 0 aliphatic rings. The summed E-state index contributed by atoms with van der Waals surface area (Å²) in [6.07, 6.45) is 1.60. The third-order valence-electron chi connectivity index (χ3n) is 2.41. The molecule has 0 aromatic heterocycles. The average Bonchev–Trinajstić information content (AvgIpc) is 2.47. The summed E-state index contributed by atoms with van der Waals surface area (Å²) < 4.78 is 2.73. The van der Waals surface area contributed by atoms with E-state index in [0.717, 1.165) is 5.56 Å². The van der Waals surface area contributed by atoms with Gasteiger partial charge in [0.1, 0.15) is 0 Å². The van der Waals surface area contributed by atoms with Crippen molar-refractivity contribution in [1.82, 2.24) is 0 Å². The normalized spacial score (nSPS) is 9.16. The topological polar surface area (TPSA) is 47.6 Å². The van der Waals surface area contributed by atoms with Crippen LogP contribution in [0.2, 0.25) is 0 Å². The second kappa shape index (κ2) is 6.77. The fraction of sp³-hybridized carbons (Fsp3) is 0. The molecule has 0 amide bonds. The van der Waals surface area contributed by atoms with Gasteiger partial charge in [0, 0.05) is 0 Å². The second-order valence-corrected chi connectivity index (χ2v) is 7.04. The van der Waals surface area contributed by atoms with Crippen LogP contribution in [-0.4, -0.2) is 20.9 Å². The first kappa shape index (κ1) is 13.4. The van der Waals surface area contributed by atoms with Crippen LogP contribution in [0.5, 0.6) is 0 Å². The van der Waals surface area contributed by atoms with Crippen molar-refractivity contribution in [3.8, 4) is 12.1 Å². The van der Waals surface area contributed by atoms with Gasteiger partial charge in [0.2, 0.25) is 0 Å². The Hall–Kier alpha value is -2.05. The molecule has 0 bridgehead atoms. The minimum absolute atomic E-state index is 0.132. The van der Waals surface area contributed by atoms with Gasteiger partial charge in [-0.2, -0.15) is 0 Å². The van der Waals surface area contributed by atoms with E-state index in [0.29, 0.717) is 0 Å². The predicted octanol–water partition coefficient (Wildman–Crippen LogP) is 1.77. The van der Waals surface area contributed by atoms with Crippen molar-refractivity contribution < 1.29 is 0 Å². The first-order valence-corrected chi connectivity index (χ1v) is 8.00. The van der Waals surface area contributed by atoms with Crippen LogP contribution in [0.25, 0.3) is 6.08 Å². The molecule has 0 aliphatic carbocycles. The van der Waals surface area contributed by atoms with Gasteiger partial charge in [-0.3, -0.25) is 0 Å². The van der Waals surface area contributed by atoms with Crippen molar-refractivity contribution >= 4 is 34.2 Å². The van der Waals surface area contributed by atoms with Crippen molar-refractivity contribution in [1.29, 1.82) is 10.5 Å². The van der Waals surface area contributed by atoms with E-state index in [1.54, 1.807) is 6.08 Å². The Morgan fingerprint density at radius 1 is 0.842 bits per heavy atom. The molecular weight excluding hydrogens is 348 g/mol. The van der Waals surface area contributed by atoms with Crippen LogP contribution in [0.15, 0.2) is 60.2 Å².